The second-order valence-electron chi connectivity index (χ2n) is 3.70. The Morgan fingerprint density at radius 1 is 1.14 bits per heavy atom. The van der Waals surface area contributed by atoms with Crippen molar-refractivity contribution in [2.45, 2.75) is 32.3 Å². The van der Waals surface area contributed by atoms with Crippen LogP contribution >= 0.6 is 0 Å². The highest BCUT2D eigenvalue weighted by molar-refractivity contribution is 5.23. The summed E-state index contributed by atoms with van der Waals surface area (Å²) >= 11 is 0. The van der Waals surface area contributed by atoms with Gasteiger partial charge in [-0.2, -0.15) is 0 Å². The van der Waals surface area contributed by atoms with Crippen LogP contribution in [0.25, 0.3) is 0 Å². The van der Waals surface area contributed by atoms with Gasteiger partial charge in [-0.3, -0.25) is 0 Å². The largest absolute Gasteiger partial charge is 0.396 e. The second-order valence-corrected chi connectivity index (χ2v) is 3.70. The molecule has 0 aromatic heterocycles. The molecule has 0 amide bonds. The molecule has 78 valence electrons. The summed E-state index contributed by atoms with van der Waals surface area (Å²) in [6, 6.07) is 8.21. The van der Waals surface area contributed by atoms with Crippen molar-refractivity contribution in [2.75, 3.05) is 6.61 Å². The van der Waals surface area contributed by atoms with Crippen molar-refractivity contribution in [1.29, 1.82) is 0 Å². The number of aliphatic hydroxyl groups excluding tert-OH is 2. The quantitative estimate of drug-likeness (QED) is 0.746. The van der Waals surface area contributed by atoms with E-state index in [2.05, 4.69) is 12.1 Å². The molecule has 1 rings (SSSR count). The highest BCUT2D eigenvalue weighted by Gasteiger charge is 1.98. The standard InChI is InChI=1S/C12H18O2/c1-10(14)9-12-6-4-11(5-7-12)3-2-8-13/h4-7,10,13-14H,2-3,8-9H2,1H3. The molecule has 2 N–H and O–H groups in total. The summed E-state index contributed by atoms with van der Waals surface area (Å²) < 4.78 is 0. The summed E-state index contributed by atoms with van der Waals surface area (Å²) in [5, 5.41) is 17.9. The minimum absolute atomic E-state index is 0.245. The van der Waals surface area contributed by atoms with Gasteiger partial charge in [-0.1, -0.05) is 24.3 Å². The van der Waals surface area contributed by atoms with Crippen LogP contribution in [0.4, 0.5) is 0 Å². The fourth-order valence-electron chi connectivity index (χ4n) is 1.47. The fraction of sp³-hybridized carbons (Fsp3) is 0.500. The summed E-state index contributed by atoms with van der Waals surface area (Å²) in [5.41, 5.74) is 2.40. The van der Waals surface area contributed by atoms with Crippen LogP contribution in [-0.4, -0.2) is 22.9 Å². The van der Waals surface area contributed by atoms with Crippen molar-refractivity contribution in [3.63, 3.8) is 0 Å². The van der Waals surface area contributed by atoms with Gasteiger partial charge in [-0.05, 0) is 37.3 Å². The Morgan fingerprint density at radius 2 is 1.71 bits per heavy atom. The number of aliphatic hydroxyl groups is 2. The van der Waals surface area contributed by atoms with Crippen LogP contribution in [0.1, 0.15) is 24.5 Å². The van der Waals surface area contributed by atoms with E-state index < -0.39 is 0 Å². The molecule has 0 bridgehead atoms. The number of aryl methyl sites for hydroxylation is 1. The smallest absolute Gasteiger partial charge is 0.0552 e. The van der Waals surface area contributed by atoms with Crippen LogP contribution < -0.4 is 0 Å². The minimum atomic E-state index is -0.279. The third-order valence-electron chi connectivity index (χ3n) is 2.18. The van der Waals surface area contributed by atoms with Crippen molar-refractivity contribution >= 4 is 0 Å². The second kappa shape index (κ2) is 5.78. The lowest BCUT2D eigenvalue weighted by atomic mass is 10.0. The Bertz CT molecular complexity index is 252. The molecule has 1 aromatic rings. The van der Waals surface area contributed by atoms with Gasteiger partial charge in [-0.15, -0.1) is 0 Å². The molecule has 0 saturated heterocycles. The monoisotopic (exact) mass is 194 g/mol. The molecule has 0 aliphatic heterocycles. The van der Waals surface area contributed by atoms with Gasteiger partial charge in [0.1, 0.15) is 0 Å². The topological polar surface area (TPSA) is 40.5 Å². The SMILES string of the molecule is CC(O)Cc1ccc(CCCO)cc1. The number of hydrogen-bond donors (Lipinski definition) is 2. The molecule has 1 atom stereocenters. The van der Waals surface area contributed by atoms with Gasteiger partial charge in [0.15, 0.2) is 0 Å². The normalized spacial score (nSPS) is 12.8. The highest BCUT2D eigenvalue weighted by atomic mass is 16.3. The van der Waals surface area contributed by atoms with E-state index in [4.69, 9.17) is 5.11 Å². The average Bonchev–Trinajstić information content (AvgIpc) is 2.16. The first kappa shape index (κ1) is 11.2. The van der Waals surface area contributed by atoms with Crippen LogP contribution in [0, 0.1) is 0 Å². The van der Waals surface area contributed by atoms with Crippen molar-refractivity contribution < 1.29 is 10.2 Å². The van der Waals surface area contributed by atoms with E-state index in [9.17, 15) is 5.11 Å². The Labute approximate surface area is 85.2 Å². The van der Waals surface area contributed by atoms with Gasteiger partial charge in [0.05, 0.1) is 6.10 Å². The van der Waals surface area contributed by atoms with Crippen LogP contribution in [0.15, 0.2) is 24.3 Å². The first-order valence-electron chi connectivity index (χ1n) is 5.09. The Hall–Kier alpha value is -0.860. The zero-order chi connectivity index (χ0) is 10.4. The summed E-state index contributed by atoms with van der Waals surface area (Å²) in [4.78, 5) is 0. The van der Waals surface area contributed by atoms with Gasteiger partial charge in [0.25, 0.3) is 0 Å². The maximum absolute atomic E-state index is 9.18. The van der Waals surface area contributed by atoms with E-state index in [1.165, 1.54) is 5.56 Å². The Balaban J connectivity index is 2.50. The third kappa shape index (κ3) is 3.90. The van der Waals surface area contributed by atoms with Crippen molar-refractivity contribution in [2.24, 2.45) is 0 Å². The van der Waals surface area contributed by atoms with Gasteiger partial charge in [0.2, 0.25) is 0 Å². The van der Waals surface area contributed by atoms with Gasteiger partial charge in [-0.25, -0.2) is 0 Å². The zero-order valence-corrected chi connectivity index (χ0v) is 8.61. The first-order chi connectivity index (χ1) is 6.72. The first-order valence-corrected chi connectivity index (χ1v) is 5.09. The predicted molar refractivity (Wildman–Crippen MR) is 57.2 cm³/mol. The summed E-state index contributed by atoms with van der Waals surface area (Å²) in [6.45, 7) is 2.04. The Morgan fingerprint density at radius 3 is 2.21 bits per heavy atom. The van der Waals surface area contributed by atoms with E-state index in [-0.39, 0.29) is 12.7 Å². The lowest BCUT2D eigenvalue weighted by molar-refractivity contribution is 0.195. The summed E-state index contributed by atoms with van der Waals surface area (Å²) in [5.74, 6) is 0. The zero-order valence-electron chi connectivity index (χ0n) is 8.61. The van der Waals surface area contributed by atoms with E-state index in [0.717, 1.165) is 18.4 Å². The third-order valence-corrected chi connectivity index (χ3v) is 2.18. The molecule has 0 spiro atoms. The van der Waals surface area contributed by atoms with Gasteiger partial charge >= 0.3 is 0 Å². The average molecular weight is 194 g/mol. The molecule has 0 aliphatic rings. The molecule has 0 heterocycles. The molecule has 0 radical (unpaired) electrons. The van der Waals surface area contributed by atoms with Crippen molar-refractivity contribution in [3.8, 4) is 0 Å². The van der Waals surface area contributed by atoms with E-state index in [0.29, 0.717) is 6.42 Å². The van der Waals surface area contributed by atoms with Crippen molar-refractivity contribution in [3.05, 3.63) is 35.4 Å². The molecule has 0 fully saturated rings. The highest BCUT2D eigenvalue weighted by Crippen LogP contribution is 2.08. The van der Waals surface area contributed by atoms with Crippen LogP contribution in [0.5, 0.6) is 0 Å². The molecule has 2 heteroatoms. The number of benzene rings is 1. The van der Waals surface area contributed by atoms with Gasteiger partial charge in [0, 0.05) is 6.61 Å². The van der Waals surface area contributed by atoms with Crippen LogP contribution in [0.2, 0.25) is 0 Å². The summed E-state index contributed by atoms with van der Waals surface area (Å²) in [6.07, 6.45) is 2.17. The van der Waals surface area contributed by atoms with E-state index >= 15 is 0 Å². The minimum Gasteiger partial charge on any atom is -0.396 e. The summed E-state index contributed by atoms with van der Waals surface area (Å²) in [7, 11) is 0. The molecule has 14 heavy (non-hydrogen) atoms. The lowest BCUT2D eigenvalue weighted by Gasteiger charge is -2.05. The maximum atomic E-state index is 9.18. The Kier molecular flexibility index (Phi) is 4.63. The lowest BCUT2D eigenvalue weighted by Crippen LogP contribution is -2.03. The maximum Gasteiger partial charge on any atom is 0.0552 e. The molecule has 0 saturated carbocycles. The fourth-order valence-corrected chi connectivity index (χ4v) is 1.47. The molecule has 2 nitrogen and oxygen atoms in total. The number of hydrogen-bond acceptors (Lipinski definition) is 2. The van der Waals surface area contributed by atoms with Gasteiger partial charge < -0.3 is 10.2 Å². The number of rotatable bonds is 5. The van der Waals surface area contributed by atoms with E-state index in [1.807, 2.05) is 12.1 Å². The molecular weight excluding hydrogens is 176 g/mol. The van der Waals surface area contributed by atoms with Crippen molar-refractivity contribution in [1.82, 2.24) is 0 Å². The van der Waals surface area contributed by atoms with Crippen LogP contribution in [0.3, 0.4) is 0 Å². The van der Waals surface area contributed by atoms with Crippen LogP contribution in [-0.2, 0) is 12.8 Å². The molecule has 1 aromatic carbocycles. The molecule has 1 unspecified atom stereocenters. The predicted octanol–water partition coefficient (Wildman–Crippen LogP) is 1.53. The molecular formula is C12H18O2. The molecule has 0 aliphatic carbocycles. The van der Waals surface area contributed by atoms with E-state index in [1.54, 1.807) is 6.92 Å².